The average molecular weight is 340 g/mol. The van der Waals surface area contributed by atoms with E-state index in [4.69, 9.17) is 0 Å². The lowest BCUT2D eigenvalue weighted by molar-refractivity contribution is -0.116. The summed E-state index contributed by atoms with van der Waals surface area (Å²) in [5, 5.41) is 10.5. The van der Waals surface area contributed by atoms with Crippen molar-refractivity contribution in [1.82, 2.24) is 10.3 Å². The topological polar surface area (TPSA) is 57.1 Å². The van der Waals surface area contributed by atoms with E-state index in [9.17, 15) is 9.18 Å². The van der Waals surface area contributed by atoms with Gasteiger partial charge < -0.3 is 0 Å². The second-order valence-corrected chi connectivity index (χ2v) is 6.09. The molecule has 0 aliphatic carbocycles. The minimum Gasteiger partial charge on any atom is -0.298 e. The molecule has 24 heavy (non-hydrogen) atoms. The number of para-hydroxylation sites is 1. The Kier molecular flexibility index (Phi) is 3.57. The number of carbonyl (C=O) groups excluding carboxylic acids is 1. The molecule has 4 rings (SSSR count). The highest BCUT2D eigenvalue weighted by Crippen LogP contribution is 2.31. The van der Waals surface area contributed by atoms with Crippen molar-refractivity contribution in [2.75, 3.05) is 6.26 Å². The van der Waals surface area contributed by atoms with Gasteiger partial charge in [0.25, 0.3) is 5.91 Å². The van der Waals surface area contributed by atoms with Crippen LogP contribution < -0.4 is 15.9 Å². The first kappa shape index (κ1) is 14.9. The Morgan fingerprint density at radius 1 is 1.17 bits per heavy atom. The number of fused-ring (bicyclic) bond motifs is 2. The third kappa shape index (κ3) is 2.28. The van der Waals surface area contributed by atoms with Crippen molar-refractivity contribution < 1.29 is 9.18 Å². The smallest absolute Gasteiger partial charge is 0.276 e. The number of halogens is 1. The van der Waals surface area contributed by atoms with E-state index in [2.05, 4.69) is 15.4 Å². The maximum Gasteiger partial charge on any atom is 0.276 e. The van der Waals surface area contributed by atoms with E-state index in [1.165, 1.54) is 22.8 Å². The molecule has 0 radical (unpaired) electrons. The molecular formula is C17H13FN4OS. The number of thioether (sulfide) groups is 1. The van der Waals surface area contributed by atoms with Crippen molar-refractivity contribution in [3.63, 3.8) is 0 Å². The molecule has 0 spiro atoms. The first-order chi connectivity index (χ1) is 11.7. The molecule has 0 saturated carbocycles. The highest BCUT2D eigenvalue weighted by atomic mass is 32.2. The van der Waals surface area contributed by atoms with Gasteiger partial charge in [-0.25, -0.2) is 9.40 Å². The molecule has 7 heteroatoms. The van der Waals surface area contributed by atoms with Crippen LogP contribution in [0.25, 0.3) is 5.70 Å². The van der Waals surface area contributed by atoms with Crippen LogP contribution in [0.2, 0.25) is 0 Å². The number of nitrogens with zero attached hydrogens (tertiary/aromatic N) is 3. The van der Waals surface area contributed by atoms with Gasteiger partial charge in [-0.2, -0.15) is 0 Å². The summed E-state index contributed by atoms with van der Waals surface area (Å²) in [6, 6.07) is 13.7. The lowest BCUT2D eigenvalue weighted by Crippen LogP contribution is -2.50. The summed E-state index contributed by atoms with van der Waals surface area (Å²) in [5.74, 6) is -0.644. The molecule has 2 aromatic carbocycles. The van der Waals surface area contributed by atoms with Crippen LogP contribution in [-0.2, 0) is 4.79 Å². The molecule has 0 bridgehead atoms. The molecule has 2 aliphatic rings. The predicted octanol–water partition coefficient (Wildman–Crippen LogP) is 1.33. The summed E-state index contributed by atoms with van der Waals surface area (Å²) in [6.07, 6.45) is 1.10. The third-order valence-electron chi connectivity index (χ3n) is 3.89. The number of amides is 1. The molecule has 120 valence electrons. The zero-order valence-electron chi connectivity index (χ0n) is 12.7. The van der Waals surface area contributed by atoms with Crippen LogP contribution in [0.4, 0.5) is 4.39 Å². The van der Waals surface area contributed by atoms with E-state index in [0.717, 1.165) is 0 Å². The van der Waals surface area contributed by atoms with Gasteiger partial charge in [0.15, 0.2) is 11.3 Å². The molecule has 1 atom stereocenters. The SMILES string of the molecule is CSC1=NN2C(=c3ccccc3=NC2c2ccccc2F)C(=O)N1. The van der Waals surface area contributed by atoms with E-state index in [1.807, 2.05) is 30.5 Å². The molecule has 1 unspecified atom stereocenters. The lowest BCUT2D eigenvalue weighted by Gasteiger charge is -2.33. The Hall–Kier alpha value is -2.67. The molecule has 1 N–H and O–H groups in total. The molecular weight excluding hydrogens is 327 g/mol. The molecule has 2 heterocycles. The first-order valence-corrected chi connectivity index (χ1v) is 8.56. The average Bonchev–Trinajstić information content (AvgIpc) is 2.61. The molecule has 0 fully saturated rings. The van der Waals surface area contributed by atoms with Crippen LogP contribution in [0.15, 0.2) is 58.6 Å². The number of rotatable bonds is 1. The quantitative estimate of drug-likeness (QED) is 0.852. The molecule has 1 amide bonds. The van der Waals surface area contributed by atoms with E-state index in [0.29, 0.717) is 27.0 Å². The Labute approximate surface area is 141 Å². The molecule has 0 aromatic heterocycles. The third-order valence-corrected chi connectivity index (χ3v) is 4.46. The van der Waals surface area contributed by atoms with Gasteiger partial charge in [0, 0.05) is 10.8 Å². The van der Waals surface area contributed by atoms with E-state index in [1.54, 1.807) is 18.2 Å². The summed E-state index contributed by atoms with van der Waals surface area (Å²) in [5.41, 5.74) is 0.759. The number of carbonyl (C=O) groups is 1. The fourth-order valence-electron chi connectivity index (χ4n) is 2.81. The van der Waals surface area contributed by atoms with Crippen LogP contribution in [0.3, 0.4) is 0 Å². The number of hydrogen-bond donors (Lipinski definition) is 1. The van der Waals surface area contributed by atoms with Crippen molar-refractivity contribution in [1.29, 1.82) is 0 Å². The van der Waals surface area contributed by atoms with Crippen molar-refractivity contribution in [2.24, 2.45) is 10.1 Å². The normalized spacial score (nSPS) is 19.0. The van der Waals surface area contributed by atoms with Crippen molar-refractivity contribution >= 4 is 28.5 Å². The Balaban J connectivity index is 2.02. The number of amidine groups is 1. The van der Waals surface area contributed by atoms with Crippen LogP contribution in [-0.4, -0.2) is 22.3 Å². The standard InChI is InChI=1S/C17H13FN4OS/c1-24-17-20-16(23)14-11-7-3-5-9-13(11)19-15(22(14)21-17)10-6-2-4-8-12(10)18/h2-9,15H,1H3,(H,20,21,23). The molecule has 2 aromatic rings. The Bertz CT molecular complexity index is 988. The first-order valence-electron chi connectivity index (χ1n) is 7.34. The zero-order chi connectivity index (χ0) is 16.7. The molecule has 0 saturated heterocycles. The van der Waals surface area contributed by atoms with Gasteiger partial charge in [0.1, 0.15) is 11.5 Å². The monoisotopic (exact) mass is 340 g/mol. The molecule has 2 aliphatic heterocycles. The lowest BCUT2D eigenvalue weighted by atomic mass is 10.1. The maximum absolute atomic E-state index is 14.3. The number of nitrogens with one attached hydrogen (secondary N) is 1. The van der Waals surface area contributed by atoms with Gasteiger partial charge in [0.2, 0.25) is 0 Å². The maximum atomic E-state index is 14.3. The van der Waals surface area contributed by atoms with E-state index >= 15 is 0 Å². The Morgan fingerprint density at radius 3 is 2.71 bits per heavy atom. The number of hydrazone groups is 1. The summed E-state index contributed by atoms with van der Waals surface area (Å²) >= 11 is 1.32. The van der Waals surface area contributed by atoms with Gasteiger partial charge >= 0.3 is 0 Å². The summed E-state index contributed by atoms with van der Waals surface area (Å²) in [4.78, 5) is 17.2. The van der Waals surface area contributed by atoms with Gasteiger partial charge in [-0.3, -0.25) is 15.1 Å². The summed E-state index contributed by atoms with van der Waals surface area (Å²) < 4.78 is 14.3. The predicted molar refractivity (Wildman–Crippen MR) is 90.7 cm³/mol. The van der Waals surface area contributed by atoms with Crippen molar-refractivity contribution in [2.45, 2.75) is 6.17 Å². The minimum absolute atomic E-state index is 0.266. The van der Waals surface area contributed by atoms with Gasteiger partial charge in [0.05, 0.1) is 5.36 Å². The highest BCUT2D eigenvalue weighted by molar-refractivity contribution is 8.13. The van der Waals surface area contributed by atoms with Crippen molar-refractivity contribution in [3.05, 3.63) is 70.5 Å². The number of benzene rings is 2. The Morgan fingerprint density at radius 2 is 1.92 bits per heavy atom. The largest absolute Gasteiger partial charge is 0.298 e. The summed E-state index contributed by atoms with van der Waals surface area (Å²) in [7, 11) is 0. The van der Waals surface area contributed by atoms with Gasteiger partial charge in [-0.15, -0.1) is 5.10 Å². The second-order valence-electron chi connectivity index (χ2n) is 5.30. The molecule has 5 nitrogen and oxygen atoms in total. The van der Waals surface area contributed by atoms with Gasteiger partial charge in [-0.1, -0.05) is 48.2 Å². The fourth-order valence-corrected chi connectivity index (χ4v) is 3.17. The van der Waals surface area contributed by atoms with Crippen LogP contribution in [0.5, 0.6) is 0 Å². The van der Waals surface area contributed by atoms with Gasteiger partial charge in [-0.05, 0) is 18.4 Å². The number of hydrogen-bond acceptors (Lipinski definition) is 5. The van der Waals surface area contributed by atoms with E-state index in [-0.39, 0.29) is 11.7 Å². The summed E-state index contributed by atoms with van der Waals surface area (Å²) in [6.45, 7) is 0. The second kappa shape index (κ2) is 5.76. The van der Waals surface area contributed by atoms with Crippen LogP contribution in [0.1, 0.15) is 11.7 Å². The minimum atomic E-state index is -0.718. The van der Waals surface area contributed by atoms with E-state index < -0.39 is 6.17 Å². The fraction of sp³-hybridized carbons (Fsp3) is 0.118. The van der Waals surface area contributed by atoms with Crippen LogP contribution in [0, 0.1) is 5.82 Å². The zero-order valence-corrected chi connectivity index (χ0v) is 13.5. The highest BCUT2D eigenvalue weighted by Gasteiger charge is 2.35. The van der Waals surface area contributed by atoms with Crippen molar-refractivity contribution in [3.8, 4) is 0 Å². The van der Waals surface area contributed by atoms with Crippen LogP contribution >= 0.6 is 11.8 Å².